The van der Waals surface area contributed by atoms with Gasteiger partial charge in [0, 0.05) is 11.3 Å². The lowest BCUT2D eigenvalue weighted by Crippen LogP contribution is -2.37. The smallest absolute Gasteiger partial charge is 0.240 e. The van der Waals surface area contributed by atoms with Crippen molar-refractivity contribution in [3.05, 3.63) is 64.9 Å². The summed E-state index contributed by atoms with van der Waals surface area (Å²) in [4.78, 5) is 16.7. The van der Waals surface area contributed by atoms with E-state index in [-0.39, 0.29) is 29.3 Å². The van der Waals surface area contributed by atoms with Crippen molar-refractivity contribution in [2.45, 2.75) is 19.5 Å². The minimum Gasteiger partial charge on any atom is -0.345 e. The lowest BCUT2D eigenvalue weighted by Gasteiger charge is -2.23. The van der Waals surface area contributed by atoms with E-state index in [0.29, 0.717) is 28.6 Å². The molecule has 5 nitrogen and oxygen atoms in total. The van der Waals surface area contributed by atoms with E-state index in [9.17, 15) is 13.6 Å². The van der Waals surface area contributed by atoms with Crippen LogP contribution in [0.15, 0.2) is 42.5 Å². The van der Waals surface area contributed by atoms with E-state index >= 15 is 0 Å². The Morgan fingerprint density at radius 1 is 1.22 bits per heavy atom. The molecule has 1 atom stereocenters. The fraction of sp³-hybridized carbons (Fsp3) is 0.158. The molecule has 0 saturated heterocycles. The normalized spacial score (nSPS) is 16.0. The zero-order chi connectivity index (χ0) is 19.1. The summed E-state index contributed by atoms with van der Waals surface area (Å²) in [6.07, 6.45) is 0. The number of carbonyl (C=O) groups is 1. The first-order valence-corrected chi connectivity index (χ1v) is 8.68. The highest BCUT2D eigenvalue weighted by Crippen LogP contribution is 2.35. The maximum absolute atomic E-state index is 13.8. The quantitative estimate of drug-likeness (QED) is 0.698. The summed E-state index contributed by atoms with van der Waals surface area (Å²) in [5.74, 6) is 0.117. The van der Waals surface area contributed by atoms with Crippen LogP contribution < -0.4 is 10.6 Å². The highest BCUT2D eigenvalue weighted by Gasteiger charge is 2.28. The molecule has 0 unspecified atom stereocenters. The Kier molecular flexibility index (Phi) is 4.31. The number of halogens is 3. The van der Waals surface area contributed by atoms with E-state index in [2.05, 4.69) is 15.6 Å². The van der Waals surface area contributed by atoms with Gasteiger partial charge in [-0.25, -0.2) is 13.8 Å². The van der Waals surface area contributed by atoms with Crippen molar-refractivity contribution < 1.29 is 13.6 Å². The molecule has 1 aromatic heterocycles. The number of aromatic nitrogens is 2. The second-order valence-corrected chi connectivity index (χ2v) is 6.71. The van der Waals surface area contributed by atoms with Crippen LogP contribution in [0.1, 0.15) is 18.8 Å². The maximum atomic E-state index is 13.8. The molecule has 138 valence electrons. The summed E-state index contributed by atoms with van der Waals surface area (Å²) < 4.78 is 28.9. The zero-order valence-electron chi connectivity index (χ0n) is 14.3. The lowest BCUT2D eigenvalue weighted by atomic mass is 10.1. The summed E-state index contributed by atoms with van der Waals surface area (Å²) in [5.41, 5.74) is 1.68. The predicted octanol–water partition coefficient (Wildman–Crippen LogP) is 4.42. The standard InChI is InChI=1S/C19H15ClF2N4O/c1-10-18-25-17(11-2-4-12(21)5-3-11)19(26(18)9-16(27)23-10)24-13-6-7-14(20)15(22)8-13/h2-8,10,24H,9H2,1H3,(H,23,27)/t10-/m0/s1. The van der Waals surface area contributed by atoms with E-state index in [4.69, 9.17) is 11.6 Å². The largest absolute Gasteiger partial charge is 0.345 e. The van der Waals surface area contributed by atoms with E-state index in [1.807, 2.05) is 6.92 Å². The van der Waals surface area contributed by atoms with Gasteiger partial charge < -0.3 is 15.2 Å². The van der Waals surface area contributed by atoms with Crippen molar-refractivity contribution in [3.63, 3.8) is 0 Å². The molecular weight excluding hydrogens is 374 g/mol. The third-order valence-corrected chi connectivity index (χ3v) is 4.67. The summed E-state index contributed by atoms with van der Waals surface area (Å²) in [6, 6.07) is 9.95. The Hall–Kier alpha value is -2.93. The molecule has 0 radical (unpaired) electrons. The molecule has 1 amide bonds. The number of fused-ring (bicyclic) bond motifs is 1. The number of imidazole rings is 1. The number of nitrogens with zero attached hydrogens (tertiary/aromatic N) is 2. The fourth-order valence-corrected chi connectivity index (χ4v) is 3.22. The van der Waals surface area contributed by atoms with Crippen LogP contribution in [0.2, 0.25) is 5.02 Å². The molecule has 3 aromatic rings. The van der Waals surface area contributed by atoms with E-state index < -0.39 is 5.82 Å². The van der Waals surface area contributed by atoms with Gasteiger partial charge in [0.25, 0.3) is 0 Å². The van der Waals surface area contributed by atoms with Gasteiger partial charge >= 0.3 is 0 Å². The molecule has 0 saturated carbocycles. The number of hydrogen-bond acceptors (Lipinski definition) is 3. The van der Waals surface area contributed by atoms with Crippen LogP contribution in [0.25, 0.3) is 11.3 Å². The SMILES string of the molecule is C[C@@H]1NC(=O)Cn2c1nc(-c1ccc(F)cc1)c2Nc1ccc(Cl)c(F)c1. The van der Waals surface area contributed by atoms with Crippen LogP contribution in [-0.2, 0) is 11.3 Å². The van der Waals surface area contributed by atoms with Gasteiger partial charge in [-0.2, -0.15) is 0 Å². The Morgan fingerprint density at radius 3 is 2.67 bits per heavy atom. The van der Waals surface area contributed by atoms with Gasteiger partial charge in [-0.3, -0.25) is 4.79 Å². The minimum atomic E-state index is -0.561. The first kappa shape index (κ1) is 17.5. The highest BCUT2D eigenvalue weighted by molar-refractivity contribution is 6.30. The molecule has 1 aliphatic heterocycles. The lowest BCUT2D eigenvalue weighted by molar-refractivity contribution is -0.123. The van der Waals surface area contributed by atoms with Gasteiger partial charge in [-0.15, -0.1) is 0 Å². The summed E-state index contributed by atoms with van der Waals surface area (Å²) >= 11 is 5.75. The molecule has 4 rings (SSSR count). The van der Waals surface area contributed by atoms with Crippen molar-refractivity contribution in [2.24, 2.45) is 0 Å². The molecule has 2 N–H and O–H groups in total. The predicted molar refractivity (Wildman–Crippen MR) is 98.9 cm³/mol. The van der Waals surface area contributed by atoms with Crippen LogP contribution in [0.5, 0.6) is 0 Å². The van der Waals surface area contributed by atoms with Gasteiger partial charge in [0.2, 0.25) is 5.91 Å². The van der Waals surface area contributed by atoms with E-state index in [1.54, 1.807) is 22.8 Å². The average molecular weight is 389 g/mol. The maximum Gasteiger partial charge on any atom is 0.240 e. The van der Waals surface area contributed by atoms with Crippen molar-refractivity contribution in [1.29, 1.82) is 0 Å². The van der Waals surface area contributed by atoms with Crippen molar-refractivity contribution in [2.75, 3.05) is 5.32 Å². The second kappa shape index (κ2) is 6.66. The topological polar surface area (TPSA) is 59.0 Å². The molecule has 0 aliphatic carbocycles. The van der Waals surface area contributed by atoms with Crippen LogP contribution in [0, 0.1) is 11.6 Å². The molecule has 2 aromatic carbocycles. The summed E-state index contributed by atoms with van der Waals surface area (Å²) in [5, 5.41) is 5.98. The molecular formula is C19H15ClF2N4O. The molecule has 0 bridgehead atoms. The van der Waals surface area contributed by atoms with Crippen molar-refractivity contribution in [1.82, 2.24) is 14.9 Å². The number of carbonyl (C=O) groups excluding carboxylic acids is 1. The minimum absolute atomic E-state index is 0.0163. The summed E-state index contributed by atoms with van der Waals surface area (Å²) in [6.45, 7) is 1.91. The van der Waals surface area contributed by atoms with Crippen LogP contribution >= 0.6 is 11.6 Å². The highest BCUT2D eigenvalue weighted by atomic mass is 35.5. The number of benzene rings is 2. The first-order chi connectivity index (χ1) is 12.9. The van der Waals surface area contributed by atoms with Gasteiger partial charge in [0.15, 0.2) is 0 Å². The molecule has 2 heterocycles. The molecule has 27 heavy (non-hydrogen) atoms. The van der Waals surface area contributed by atoms with Crippen molar-refractivity contribution >= 4 is 29.0 Å². The van der Waals surface area contributed by atoms with E-state index in [0.717, 1.165) is 0 Å². The second-order valence-electron chi connectivity index (χ2n) is 6.30. The number of rotatable bonds is 3. The Bertz CT molecular complexity index is 1030. The summed E-state index contributed by atoms with van der Waals surface area (Å²) in [7, 11) is 0. The molecule has 0 fully saturated rings. The number of amides is 1. The third-order valence-electron chi connectivity index (χ3n) is 4.36. The van der Waals surface area contributed by atoms with Crippen LogP contribution in [0.3, 0.4) is 0 Å². The van der Waals surface area contributed by atoms with Crippen LogP contribution in [-0.4, -0.2) is 15.5 Å². The van der Waals surface area contributed by atoms with Gasteiger partial charge in [0.05, 0.1) is 11.1 Å². The molecule has 0 spiro atoms. The molecule has 1 aliphatic rings. The Labute approximate surface area is 159 Å². The fourth-order valence-electron chi connectivity index (χ4n) is 3.10. The average Bonchev–Trinajstić information content (AvgIpc) is 2.98. The van der Waals surface area contributed by atoms with Crippen LogP contribution in [0.4, 0.5) is 20.3 Å². The number of anilines is 2. The Morgan fingerprint density at radius 2 is 1.96 bits per heavy atom. The first-order valence-electron chi connectivity index (χ1n) is 8.30. The zero-order valence-corrected chi connectivity index (χ0v) is 15.0. The van der Waals surface area contributed by atoms with Gasteiger partial charge in [-0.05, 0) is 49.4 Å². The van der Waals surface area contributed by atoms with Gasteiger partial charge in [0.1, 0.15) is 35.5 Å². The van der Waals surface area contributed by atoms with Gasteiger partial charge in [-0.1, -0.05) is 11.6 Å². The molecule has 8 heteroatoms. The third kappa shape index (κ3) is 3.26. The number of nitrogens with one attached hydrogen (secondary N) is 2. The Balaban J connectivity index is 1.85. The van der Waals surface area contributed by atoms with E-state index in [1.165, 1.54) is 24.3 Å². The van der Waals surface area contributed by atoms with Crippen molar-refractivity contribution in [3.8, 4) is 11.3 Å². The number of hydrogen-bond donors (Lipinski definition) is 2. The monoisotopic (exact) mass is 388 g/mol.